The molecule has 0 radical (unpaired) electrons. The maximum absolute atomic E-state index is 6.32. The summed E-state index contributed by atoms with van der Waals surface area (Å²) in [5, 5.41) is 0. The van der Waals surface area contributed by atoms with Gasteiger partial charge in [-0.2, -0.15) is 0 Å². The minimum atomic E-state index is 0.462. The van der Waals surface area contributed by atoms with Crippen LogP contribution in [0.25, 0.3) is 5.57 Å². The summed E-state index contributed by atoms with van der Waals surface area (Å²) in [5.74, 6) is 0.462. The number of benzene rings is 1. The van der Waals surface area contributed by atoms with Crippen LogP contribution in [-0.4, -0.2) is 0 Å². The average Bonchev–Trinajstić information content (AvgIpc) is 2.26. The molecule has 0 aliphatic rings. The van der Waals surface area contributed by atoms with Crippen molar-refractivity contribution in [2.24, 2.45) is 0 Å². The number of allylic oxidation sites excluding steroid dienone is 1. The SMILES string of the molecule is C=C(C)c1c(N)c(C(C)C)cc(CC)c1CC. The van der Waals surface area contributed by atoms with Gasteiger partial charge in [-0.25, -0.2) is 0 Å². The molecule has 2 N–H and O–H groups in total. The van der Waals surface area contributed by atoms with Crippen molar-refractivity contribution in [1.29, 1.82) is 0 Å². The normalized spacial score (nSPS) is 10.9. The van der Waals surface area contributed by atoms with Gasteiger partial charge in [-0.1, -0.05) is 40.3 Å². The van der Waals surface area contributed by atoms with Crippen molar-refractivity contribution in [3.05, 3.63) is 34.9 Å². The van der Waals surface area contributed by atoms with Crippen LogP contribution in [-0.2, 0) is 12.8 Å². The third kappa shape index (κ3) is 2.54. The minimum absolute atomic E-state index is 0.462. The molecule has 1 rings (SSSR count). The van der Waals surface area contributed by atoms with Gasteiger partial charge in [0.2, 0.25) is 0 Å². The Kier molecular flexibility index (Phi) is 4.39. The summed E-state index contributed by atoms with van der Waals surface area (Å²) < 4.78 is 0. The molecule has 1 nitrogen and oxygen atoms in total. The molecule has 0 aliphatic heterocycles. The molecule has 0 saturated heterocycles. The summed E-state index contributed by atoms with van der Waals surface area (Å²) in [6, 6.07) is 2.28. The van der Waals surface area contributed by atoms with Crippen molar-refractivity contribution >= 4 is 11.3 Å². The first-order valence-electron chi connectivity index (χ1n) is 6.53. The highest BCUT2D eigenvalue weighted by Gasteiger charge is 2.16. The molecule has 0 unspecified atom stereocenters. The zero-order valence-electron chi connectivity index (χ0n) is 11.9. The molecule has 0 amide bonds. The van der Waals surface area contributed by atoms with E-state index in [-0.39, 0.29) is 0 Å². The second-order valence-electron chi connectivity index (χ2n) is 5.03. The highest BCUT2D eigenvalue weighted by atomic mass is 14.6. The van der Waals surface area contributed by atoms with Gasteiger partial charge in [0.25, 0.3) is 0 Å². The van der Waals surface area contributed by atoms with E-state index in [1.807, 2.05) is 0 Å². The Morgan fingerprint density at radius 2 is 1.88 bits per heavy atom. The monoisotopic (exact) mass is 231 g/mol. The van der Waals surface area contributed by atoms with Crippen LogP contribution in [0, 0.1) is 0 Å². The number of nitrogen functional groups attached to an aromatic ring is 1. The molecule has 0 fully saturated rings. The van der Waals surface area contributed by atoms with Crippen LogP contribution in [0.3, 0.4) is 0 Å². The third-order valence-electron chi connectivity index (χ3n) is 3.38. The van der Waals surface area contributed by atoms with E-state index in [4.69, 9.17) is 5.73 Å². The van der Waals surface area contributed by atoms with Crippen molar-refractivity contribution in [2.75, 3.05) is 5.73 Å². The fraction of sp³-hybridized carbons (Fsp3) is 0.500. The molecule has 0 aromatic heterocycles. The fourth-order valence-electron chi connectivity index (χ4n) is 2.50. The Morgan fingerprint density at radius 1 is 1.29 bits per heavy atom. The number of hydrogen-bond acceptors (Lipinski definition) is 1. The average molecular weight is 231 g/mol. The van der Waals surface area contributed by atoms with Crippen molar-refractivity contribution in [3.8, 4) is 0 Å². The minimum Gasteiger partial charge on any atom is -0.398 e. The molecule has 0 atom stereocenters. The lowest BCUT2D eigenvalue weighted by Crippen LogP contribution is -2.07. The standard InChI is InChI=1S/C16H25N/c1-7-12-9-14(10(3)4)16(17)15(11(5)6)13(12)8-2/h9-10H,5,7-8,17H2,1-4,6H3. The van der Waals surface area contributed by atoms with Crippen molar-refractivity contribution in [2.45, 2.75) is 53.4 Å². The molecule has 0 bridgehead atoms. The first-order valence-corrected chi connectivity index (χ1v) is 6.53. The fourth-order valence-corrected chi connectivity index (χ4v) is 2.50. The maximum atomic E-state index is 6.32. The molecule has 0 spiro atoms. The van der Waals surface area contributed by atoms with Gasteiger partial charge in [0.15, 0.2) is 0 Å². The van der Waals surface area contributed by atoms with E-state index in [0.717, 1.165) is 24.1 Å². The number of aryl methyl sites for hydroxylation is 1. The van der Waals surface area contributed by atoms with Crippen LogP contribution in [0.15, 0.2) is 12.6 Å². The van der Waals surface area contributed by atoms with Crippen molar-refractivity contribution < 1.29 is 0 Å². The molecular weight excluding hydrogens is 206 g/mol. The van der Waals surface area contributed by atoms with Crippen LogP contribution in [0.4, 0.5) is 5.69 Å². The zero-order valence-corrected chi connectivity index (χ0v) is 11.9. The van der Waals surface area contributed by atoms with Gasteiger partial charge in [-0.05, 0) is 47.9 Å². The van der Waals surface area contributed by atoms with Crippen LogP contribution >= 0.6 is 0 Å². The third-order valence-corrected chi connectivity index (χ3v) is 3.38. The number of hydrogen-bond donors (Lipinski definition) is 1. The van der Waals surface area contributed by atoms with E-state index in [1.54, 1.807) is 0 Å². The van der Waals surface area contributed by atoms with Gasteiger partial charge < -0.3 is 5.73 Å². The molecule has 0 aliphatic carbocycles. The van der Waals surface area contributed by atoms with Gasteiger partial charge >= 0.3 is 0 Å². The number of nitrogens with two attached hydrogens (primary N) is 1. The van der Waals surface area contributed by atoms with Gasteiger partial charge in [0.05, 0.1) is 0 Å². The maximum Gasteiger partial charge on any atom is 0.0428 e. The van der Waals surface area contributed by atoms with Crippen LogP contribution in [0.1, 0.15) is 62.8 Å². The summed E-state index contributed by atoms with van der Waals surface area (Å²) >= 11 is 0. The molecular formula is C16H25N. The molecule has 17 heavy (non-hydrogen) atoms. The highest BCUT2D eigenvalue weighted by molar-refractivity contribution is 5.78. The van der Waals surface area contributed by atoms with E-state index in [9.17, 15) is 0 Å². The Morgan fingerprint density at radius 3 is 2.24 bits per heavy atom. The lowest BCUT2D eigenvalue weighted by atomic mass is 9.86. The van der Waals surface area contributed by atoms with Gasteiger partial charge in [-0.3, -0.25) is 0 Å². The molecule has 0 heterocycles. The summed E-state index contributed by atoms with van der Waals surface area (Å²) in [6.07, 6.45) is 2.08. The smallest absolute Gasteiger partial charge is 0.0428 e. The van der Waals surface area contributed by atoms with Crippen molar-refractivity contribution in [1.82, 2.24) is 0 Å². The first kappa shape index (κ1) is 13.8. The Hall–Kier alpha value is -1.24. The van der Waals surface area contributed by atoms with Crippen molar-refractivity contribution in [3.63, 3.8) is 0 Å². The Bertz CT molecular complexity index is 428. The Labute approximate surface area is 106 Å². The highest BCUT2D eigenvalue weighted by Crippen LogP contribution is 2.34. The van der Waals surface area contributed by atoms with E-state index >= 15 is 0 Å². The predicted molar refractivity (Wildman–Crippen MR) is 78.4 cm³/mol. The molecule has 1 aromatic carbocycles. The predicted octanol–water partition coefficient (Wildman–Crippen LogP) is 4.55. The van der Waals surface area contributed by atoms with Crippen LogP contribution in [0.2, 0.25) is 0 Å². The lowest BCUT2D eigenvalue weighted by molar-refractivity contribution is 0.861. The van der Waals surface area contributed by atoms with Crippen LogP contribution in [0.5, 0.6) is 0 Å². The van der Waals surface area contributed by atoms with Gasteiger partial charge in [-0.15, -0.1) is 0 Å². The molecule has 1 heteroatoms. The largest absolute Gasteiger partial charge is 0.398 e. The molecule has 94 valence electrons. The Balaban J connectivity index is 3.63. The van der Waals surface area contributed by atoms with E-state index in [1.165, 1.54) is 22.3 Å². The van der Waals surface area contributed by atoms with E-state index in [2.05, 4.69) is 47.3 Å². The zero-order chi connectivity index (χ0) is 13.2. The topological polar surface area (TPSA) is 26.0 Å². The first-order chi connectivity index (χ1) is 7.93. The molecule has 1 aromatic rings. The summed E-state index contributed by atoms with van der Waals surface area (Å²) in [4.78, 5) is 0. The quantitative estimate of drug-likeness (QED) is 0.756. The van der Waals surface area contributed by atoms with Crippen LogP contribution < -0.4 is 5.73 Å². The summed E-state index contributed by atoms with van der Waals surface area (Å²) in [7, 11) is 0. The number of rotatable bonds is 4. The lowest BCUT2D eigenvalue weighted by Gasteiger charge is -2.21. The summed E-state index contributed by atoms with van der Waals surface area (Å²) in [6.45, 7) is 14.9. The van der Waals surface area contributed by atoms with E-state index < -0.39 is 0 Å². The van der Waals surface area contributed by atoms with E-state index in [0.29, 0.717) is 5.92 Å². The second-order valence-corrected chi connectivity index (χ2v) is 5.03. The summed E-state index contributed by atoms with van der Waals surface area (Å²) in [5.41, 5.74) is 13.6. The van der Waals surface area contributed by atoms with Gasteiger partial charge in [0, 0.05) is 11.3 Å². The second kappa shape index (κ2) is 5.39. The number of anilines is 1. The molecule has 0 saturated carbocycles. The van der Waals surface area contributed by atoms with Gasteiger partial charge in [0.1, 0.15) is 0 Å².